The summed E-state index contributed by atoms with van der Waals surface area (Å²) in [6.07, 6.45) is 7.80. The number of amides is 1. The fourth-order valence-electron chi connectivity index (χ4n) is 2.69. The Hall–Kier alpha value is -2.81. The van der Waals surface area contributed by atoms with E-state index in [1.165, 1.54) is 16.7 Å². The van der Waals surface area contributed by atoms with Crippen LogP contribution in [0.5, 0.6) is 0 Å². The molecule has 3 nitrogen and oxygen atoms in total. The van der Waals surface area contributed by atoms with E-state index in [1.807, 2.05) is 45.1 Å². The van der Waals surface area contributed by atoms with Gasteiger partial charge >= 0.3 is 6.09 Å². The minimum absolute atomic E-state index is 0.405. The molecular weight excluding hydrogens is 334 g/mol. The number of hydrogen-bond acceptors (Lipinski definition) is 2. The summed E-state index contributed by atoms with van der Waals surface area (Å²) in [5.74, 6) is 0. The maximum atomic E-state index is 11.6. The summed E-state index contributed by atoms with van der Waals surface area (Å²) < 4.78 is 5.21. The van der Waals surface area contributed by atoms with E-state index < -0.39 is 11.7 Å². The average Bonchev–Trinajstić information content (AvgIpc) is 2.57. The van der Waals surface area contributed by atoms with Crippen molar-refractivity contribution in [1.82, 2.24) is 5.32 Å². The van der Waals surface area contributed by atoms with Gasteiger partial charge in [-0.2, -0.15) is 0 Å². The number of benzene rings is 2. The number of carbonyl (C=O) groups is 1. The SMILES string of the molecule is Cc1cccc(C)c1C=Cc1cccc(/C=C/CNC(=O)OC(C)(C)C)c1. The van der Waals surface area contributed by atoms with Crippen LogP contribution in [-0.2, 0) is 4.74 Å². The summed E-state index contributed by atoms with van der Waals surface area (Å²) >= 11 is 0. The van der Waals surface area contributed by atoms with Gasteiger partial charge < -0.3 is 10.1 Å². The van der Waals surface area contributed by atoms with Crippen molar-refractivity contribution in [3.8, 4) is 0 Å². The van der Waals surface area contributed by atoms with Gasteiger partial charge in [-0.05, 0) is 68.5 Å². The molecule has 27 heavy (non-hydrogen) atoms. The van der Waals surface area contributed by atoms with Crippen LogP contribution in [-0.4, -0.2) is 18.2 Å². The quantitative estimate of drug-likeness (QED) is 0.660. The zero-order valence-corrected chi connectivity index (χ0v) is 16.9. The minimum Gasteiger partial charge on any atom is -0.444 e. The Bertz CT molecular complexity index is 821. The monoisotopic (exact) mass is 363 g/mol. The van der Waals surface area contributed by atoms with Crippen molar-refractivity contribution in [2.45, 2.75) is 40.2 Å². The first kappa shape index (κ1) is 20.5. The molecule has 0 bridgehead atoms. The molecule has 0 atom stereocenters. The van der Waals surface area contributed by atoms with Crippen molar-refractivity contribution in [3.63, 3.8) is 0 Å². The highest BCUT2D eigenvalue weighted by Gasteiger charge is 2.14. The number of nitrogens with one attached hydrogen (secondary N) is 1. The van der Waals surface area contributed by atoms with Crippen molar-refractivity contribution in [3.05, 3.63) is 76.4 Å². The lowest BCUT2D eigenvalue weighted by Gasteiger charge is -2.19. The third-order valence-electron chi connectivity index (χ3n) is 3.97. The van der Waals surface area contributed by atoms with Crippen molar-refractivity contribution in [2.24, 2.45) is 0 Å². The molecule has 0 aromatic heterocycles. The molecule has 0 saturated carbocycles. The first-order chi connectivity index (χ1) is 12.7. The lowest BCUT2D eigenvalue weighted by atomic mass is 10.0. The molecule has 0 spiro atoms. The molecule has 0 aliphatic rings. The Morgan fingerprint density at radius 2 is 1.56 bits per heavy atom. The summed E-state index contributed by atoms with van der Waals surface area (Å²) in [7, 11) is 0. The van der Waals surface area contributed by atoms with Gasteiger partial charge in [0.1, 0.15) is 5.60 Å². The third-order valence-corrected chi connectivity index (χ3v) is 3.97. The predicted octanol–water partition coefficient (Wildman–Crippen LogP) is 6.01. The Morgan fingerprint density at radius 1 is 0.963 bits per heavy atom. The summed E-state index contributed by atoms with van der Waals surface area (Å²) in [4.78, 5) is 11.6. The van der Waals surface area contributed by atoms with Gasteiger partial charge in [0.2, 0.25) is 0 Å². The van der Waals surface area contributed by atoms with Crippen LogP contribution >= 0.6 is 0 Å². The van der Waals surface area contributed by atoms with Crippen LogP contribution in [0.3, 0.4) is 0 Å². The van der Waals surface area contributed by atoms with Gasteiger partial charge in [0.25, 0.3) is 0 Å². The second-order valence-corrected chi connectivity index (χ2v) is 7.59. The largest absolute Gasteiger partial charge is 0.444 e. The second kappa shape index (κ2) is 9.22. The molecule has 2 aromatic rings. The van der Waals surface area contributed by atoms with Gasteiger partial charge in [0.05, 0.1) is 0 Å². The van der Waals surface area contributed by atoms with E-state index in [0.717, 1.165) is 11.1 Å². The molecule has 0 heterocycles. The zero-order valence-electron chi connectivity index (χ0n) is 16.9. The van der Waals surface area contributed by atoms with Crippen molar-refractivity contribution < 1.29 is 9.53 Å². The lowest BCUT2D eigenvalue weighted by molar-refractivity contribution is 0.0534. The molecule has 0 aliphatic heterocycles. The van der Waals surface area contributed by atoms with Gasteiger partial charge in [0, 0.05) is 6.54 Å². The first-order valence-corrected chi connectivity index (χ1v) is 9.22. The molecule has 1 amide bonds. The van der Waals surface area contributed by atoms with Crippen LogP contribution in [0.15, 0.2) is 48.5 Å². The fourth-order valence-corrected chi connectivity index (χ4v) is 2.69. The molecule has 142 valence electrons. The second-order valence-electron chi connectivity index (χ2n) is 7.59. The van der Waals surface area contributed by atoms with E-state index in [2.05, 4.69) is 61.6 Å². The van der Waals surface area contributed by atoms with Crippen LogP contribution in [0.1, 0.15) is 48.6 Å². The van der Waals surface area contributed by atoms with Crippen molar-refractivity contribution in [1.29, 1.82) is 0 Å². The highest BCUT2D eigenvalue weighted by molar-refractivity contribution is 5.73. The number of rotatable bonds is 5. The summed E-state index contributed by atoms with van der Waals surface area (Å²) in [5, 5.41) is 2.72. The lowest BCUT2D eigenvalue weighted by Crippen LogP contribution is -2.32. The minimum atomic E-state index is -0.482. The summed E-state index contributed by atoms with van der Waals surface area (Å²) in [6, 6.07) is 14.6. The van der Waals surface area contributed by atoms with Gasteiger partial charge in [-0.25, -0.2) is 4.79 Å². The summed E-state index contributed by atoms with van der Waals surface area (Å²) in [6.45, 7) is 10.2. The van der Waals surface area contributed by atoms with E-state index in [1.54, 1.807) is 0 Å². The molecular formula is C24H29NO2. The van der Waals surface area contributed by atoms with Crippen LogP contribution in [0, 0.1) is 13.8 Å². The Kier molecular flexibility index (Phi) is 7.00. The topological polar surface area (TPSA) is 38.3 Å². The maximum absolute atomic E-state index is 11.6. The molecule has 1 N–H and O–H groups in total. The molecule has 0 unspecified atom stereocenters. The number of alkyl carbamates (subject to hydrolysis) is 1. The number of carbonyl (C=O) groups excluding carboxylic acids is 1. The van der Waals surface area contributed by atoms with Crippen LogP contribution < -0.4 is 5.32 Å². The first-order valence-electron chi connectivity index (χ1n) is 9.22. The summed E-state index contributed by atoms with van der Waals surface area (Å²) in [5.41, 5.74) is 5.56. The highest BCUT2D eigenvalue weighted by Crippen LogP contribution is 2.17. The highest BCUT2D eigenvalue weighted by atomic mass is 16.6. The van der Waals surface area contributed by atoms with E-state index >= 15 is 0 Å². The molecule has 0 saturated heterocycles. The van der Waals surface area contributed by atoms with Gasteiger partial charge in [-0.1, -0.05) is 60.7 Å². The molecule has 2 rings (SSSR count). The van der Waals surface area contributed by atoms with Crippen molar-refractivity contribution in [2.75, 3.05) is 6.54 Å². The molecule has 0 fully saturated rings. The van der Waals surface area contributed by atoms with E-state index in [-0.39, 0.29) is 0 Å². The van der Waals surface area contributed by atoms with E-state index in [0.29, 0.717) is 6.54 Å². The zero-order chi connectivity index (χ0) is 19.9. The number of hydrogen-bond donors (Lipinski definition) is 1. The molecule has 3 heteroatoms. The third kappa shape index (κ3) is 7.14. The average molecular weight is 364 g/mol. The normalized spacial score (nSPS) is 11.9. The van der Waals surface area contributed by atoms with Gasteiger partial charge in [-0.15, -0.1) is 0 Å². The van der Waals surface area contributed by atoms with E-state index in [4.69, 9.17) is 4.74 Å². The fraction of sp³-hybridized carbons (Fsp3) is 0.292. The van der Waals surface area contributed by atoms with Crippen LogP contribution in [0.2, 0.25) is 0 Å². The molecule has 2 aromatic carbocycles. The Morgan fingerprint density at radius 3 is 2.19 bits per heavy atom. The number of ether oxygens (including phenoxy) is 1. The molecule has 0 radical (unpaired) electrons. The van der Waals surface area contributed by atoms with E-state index in [9.17, 15) is 4.79 Å². The van der Waals surface area contributed by atoms with Crippen molar-refractivity contribution >= 4 is 24.3 Å². The smallest absolute Gasteiger partial charge is 0.407 e. The van der Waals surface area contributed by atoms with Crippen LogP contribution in [0.25, 0.3) is 18.2 Å². The molecule has 0 aliphatic carbocycles. The van der Waals surface area contributed by atoms with Gasteiger partial charge in [0.15, 0.2) is 0 Å². The maximum Gasteiger partial charge on any atom is 0.407 e. The Labute approximate surface area is 162 Å². The standard InChI is InChI=1S/C24H29NO2/c1-18-9-6-10-19(2)22(18)15-14-21-12-7-11-20(17-21)13-8-16-25-23(26)27-24(3,4)5/h6-15,17H,16H2,1-5H3,(H,25,26)/b13-8+,15-14?. The Balaban J connectivity index is 1.97. The predicted molar refractivity (Wildman–Crippen MR) is 115 cm³/mol. The number of aryl methyl sites for hydroxylation is 2. The van der Waals surface area contributed by atoms with Gasteiger partial charge in [-0.3, -0.25) is 0 Å². The van der Waals surface area contributed by atoms with Crippen LogP contribution in [0.4, 0.5) is 4.79 Å².